The maximum atomic E-state index is 5.24. The largest absolute Gasteiger partial charge is 0.382 e. The molecule has 0 aliphatic heterocycles. The van der Waals surface area contributed by atoms with Crippen LogP contribution >= 0.6 is 0 Å². The van der Waals surface area contributed by atoms with Crippen molar-refractivity contribution < 1.29 is 4.74 Å². The van der Waals surface area contributed by atoms with E-state index < -0.39 is 0 Å². The van der Waals surface area contributed by atoms with E-state index in [9.17, 15) is 0 Å². The van der Waals surface area contributed by atoms with Gasteiger partial charge in [0, 0.05) is 7.11 Å². The molecule has 0 saturated carbocycles. The summed E-state index contributed by atoms with van der Waals surface area (Å²) in [6.45, 7) is 4.35. The summed E-state index contributed by atoms with van der Waals surface area (Å²) in [4.78, 5) is 0. The number of benzene rings is 1. The molecule has 2 atom stereocenters. The molecule has 1 rings (SSSR count). The maximum absolute atomic E-state index is 5.24. The zero-order chi connectivity index (χ0) is 9.68. The molecule has 0 aromatic heterocycles. The van der Waals surface area contributed by atoms with Crippen LogP contribution in [0.15, 0.2) is 30.3 Å². The number of rotatable bonds is 4. The summed E-state index contributed by atoms with van der Waals surface area (Å²) in [5, 5.41) is 0. The average molecular weight is 178 g/mol. The third-order valence-corrected chi connectivity index (χ3v) is 2.46. The van der Waals surface area contributed by atoms with Crippen molar-refractivity contribution in [3.63, 3.8) is 0 Å². The lowest BCUT2D eigenvalue weighted by molar-refractivity contribution is 0.106. The normalized spacial score (nSPS) is 15.3. The van der Waals surface area contributed by atoms with Crippen LogP contribution in [0.25, 0.3) is 0 Å². The lowest BCUT2D eigenvalue weighted by Gasteiger charge is -2.16. The summed E-state index contributed by atoms with van der Waals surface area (Å²) in [6.07, 6.45) is 1.43. The van der Waals surface area contributed by atoms with Crippen molar-refractivity contribution in [2.24, 2.45) is 0 Å². The highest BCUT2D eigenvalue weighted by molar-refractivity contribution is 5.18. The van der Waals surface area contributed by atoms with E-state index >= 15 is 0 Å². The summed E-state index contributed by atoms with van der Waals surface area (Å²) in [7, 11) is 1.77. The first kappa shape index (κ1) is 10.3. The molecular formula is C12H18O. The lowest BCUT2D eigenvalue weighted by Crippen LogP contribution is -2.09. The summed E-state index contributed by atoms with van der Waals surface area (Å²) in [5.41, 5.74) is 1.39. The van der Waals surface area contributed by atoms with Crippen molar-refractivity contribution in [1.82, 2.24) is 0 Å². The Balaban J connectivity index is 2.53. The molecule has 2 unspecified atom stereocenters. The van der Waals surface area contributed by atoms with E-state index in [-0.39, 0.29) is 0 Å². The van der Waals surface area contributed by atoms with Gasteiger partial charge in [0.2, 0.25) is 0 Å². The van der Waals surface area contributed by atoms with E-state index in [0.29, 0.717) is 12.0 Å². The van der Waals surface area contributed by atoms with Crippen molar-refractivity contribution in [2.45, 2.75) is 32.3 Å². The summed E-state index contributed by atoms with van der Waals surface area (Å²) in [6, 6.07) is 10.6. The number of hydrogen-bond donors (Lipinski definition) is 0. The fourth-order valence-corrected chi connectivity index (χ4v) is 1.51. The Bertz CT molecular complexity index is 230. The van der Waals surface area contributed by atoms with Gasteiger partial charge in [-0.3, -0.25) is 0 Å². The quantitative estimate of drug-likeness (QED) is 0.688. The number of ether oxygens (including phenoxy) is 1. The highest BCUT2D eigenvalue weighted by Gasteiger charge is 2.08. The highest BCUT2D eigenvalue weighted by atomic mass is 16.5. The van der Waals surface area contributed by atoms with Gasteiger partial charge in [-0.25, -0.2) is 0 Å². The molecule has 0 saturated heterocycles. The van der Waals surface area contributed by atoms with Gasteiger partial charge in [0.1, 0.15) is 0 Å². The van der Waals surface area contributed by atoms with Crippen LogP contribution in [0.4, 0.5) is 0 Å². The van der Waals surface area contributed by atoms with E-state index in [1.165, 1.54) is 5.56 Å². The molecule has 0 aliphatic rings. The topological polar surface area (TPSA) is 9.23 Å². The summed E-state index contributed by atoms with van der Waals surface area (Å²) >= 11 is 0. The standard InChI is InChI=1S/C12H18O/c1-10(9-11(2)13-3)12-7-5-4-6-8-12/h4-8,10-11H,9H2,1-3H3. The molecular weight excluding hydrogens is 160 g/mol. The zero-order valence-corrected chi connectivity index (χ0v) is 8.66. The van der Waals surface area contributed by atoms with Gasteiger partial charge >= 0.3 is 0 Å². The molecule has 1 aromatic rings. The molecule has 0 bridgehead atoms. The minimum absolute atomic E-state index is 0.343. The van der Waals surface area contributed by atoms with E-state index in [2.05, 4.69) is 44.2 Å². The summed E-state index contributed by atoms with van der Waals surface area (Å²) < 4.78 is 5.24. The molecule has 0 spiro atoms. The molecule has 13 heavy (non-hydrogen) atoms. The highest BCUT2D eigenvalue weighted by Crippen LogP contribution is 2.20. The van der Waals surface area contributed by atoms with Crippen molar-refractivity contribution in [3.8, 4) is 0 Å². The molecule has 0 N–H and O–H groups in total. The molecule has 0 amide bonds. The molecule has 0 heterocycles. The monoisotopic (exact) mass is 178 g/mol. The second-order valence-electron chi connectivity index (χ2n) is 3.59. The van der Waals surface area contributed by atoms with Crippen molar-refractivity contribution >= 4 is 0 Å². The van der Waals surface area contributed by atoms with Crippen molar-refractivity contribution in [2.75, 3.05) is 7.11 Å². The van der Waals surface area contributed by atoms with E-state index in [1.54, 1.807) is 7.11 Å². The molecule has 0 radical (unpaired) electrons. The van der Waals surface area contributed by atoms with Crippen LogP contribution in [-0.2, 0) is 4.74 Å². The minimum atomic E-state index is 0.343. The van der Waals surface area contributed by atoms with Gasteiger partial charge in [0.25, 0.3) is 0 Å². The third-order valence-electron chi connectivity index (χ3n) is 2.46. The van der Waals surface area contributed by atoms with Gasteiger partial charge < -0.3 is 4.74 Å². The van der Waals surface area contributed by atoms with Crippen molar-refractivity contribution in [1.29, 1.82) is 0 Å². The van der Waals surface area contributed by atoms with Crippen molar-refractivity contribution in [3.05, 3.63) is 35.9 Å². The number of hydrogen-bond acceptors (Lipinski definition) is 1. The first-order valence-electron chi connectivity index (χ1n) is 4.81. The van der Waals surface area contributed by atoms with Gasteiger partial charge in [-0.15, -0.1) is 0 Å². The Morgan fingerprint density at radius 3 is 2.31 bits per heavy atom. The van der Waals surface area contributed by atoms with Gasteiger partial charge in [-0.2, -0.15) is 0 Å². The second kappa shape index (κ2) is 5.03. The van der Waals surface area contributed by atoms with Crippen LogP contribution in [0.3, 0.4) is 0 Å². The van der Waals surface area contributed by atoms with Gasteiger partial charge in [-0.1, -0.05) is 37.3 Å². The Morgan fingerprint density at radius 2 is 1.77 bits per heavy atom. The average Bonchev–Trinajstić information content (AvgIpc) is 2.19. The van der Waals surface area contributed by atoms with Gasteiger partial charge in [-0.05, 0) is 24.8 Å². The molecule has 0 fully saturated rings. The van der Waals surface area contributed by atoms with E-state index in [1.807, 2.05) is 0 Å². The van der Waals surface area contributed by atoms with E-state index in [0.717, 1.165) is 6.42 Å². The van der Waals surface area contributed by atoms with Gasteiger partial charge in [0.05, 0.1) is 6.10 Å². The third kappa shape index (κ3) is 3.19. The minimum Gasteiger partial charge on any atom is -0.382 e. The SMILES string of the molecule is COC(C)CC(C)c1ccccc1. The molecule has 0 aliphatic carbocycles. The zero-order valence-electron chi connectivity index (χ0n) is 8.66. The molecule has 1 heteroatoms. The van der Waals surface area contributed by atoms with Crippen LogP contribution in [0, 0.1) is 0 Å². The Hall–Kier alpha value is -0.820. The van der Waals surface area contributed by atoms with Crippen LogP contribution in [-0.4, -0.2) is 13.2 Å². The number of methoxy groups -OCH3 is 1. The van der Waals surface area contributed by atoms with Gasteiger partial charge in [0.15, 0.2) is 0 Å². The summed E-state index contributed by atoms with van der Waals surface area (Å²) in [5.74, 6) is 0.580. The fraction of sp³-hybridized carbons (Fsp3) is 0.500. The first-order chi connectivity index (χ1) is 6.24. The predicted octanol–water partition coefficient (Wildman–Crippen LogP) is 3.22. The molecule has 1 aromatic carbocycles. The fourth-order valence-electron chi connectivity index (χ4n) is 1.51. The Labute approximate surface area is 80.7 Å². The predicted molar refractivity (Wildman–Crippen MR) is 55.9 cm³/mol. The Morgan fingerprint density at radius 1 is 1.15 bits per heavy atom. The van der Waals surface area contributed by atoms with Crippen LogP contribution < -0.4 is 0 Å². The second-order valence-corrected chi connectivity index (χ2v) is 3.59. The smallest absolute Gasteiger partial charge is 0.0549 e. The van der Waals surface area contributed by atoms with Crippen LogP contribution in [0.2, 0.25) is 0 Å². The van der Waals surface area contributed by atoms with E-state index in [4.69, 9.17) is 4.74 Å². The lowest BCUT2D eigenvalue weighted by atomic mass is 9.96. The Kier molecular flexibility index (Phi) is 3.97. The molecule has 1 nitrogen and oxygen atoms in total. The van der Waals surface area contributed by atoms with Crippen LogP contribution in [0.1, 0.15) is 31.7 Å². The van der Waals surface area contributed by atoms with Crippen LogP contribution in [0.5, 0.6) is 0 Å². The first-order valence-corrected chi connectivity index (χ1v) is 4.81. The maximum Gasteiger partial charge on any atom is 0.0549 e. The molecule has 72 valence electrons.